The van der Waals surface area contributed by atoms with Crippen LogP contribution in [0.4, 0.5) is 0 Å². The van der Waals surface area contributed by atoms with Gasteiger partial charge in [0.2, 0.25) is 0 Å². The van der Waals surface area contributed by atoms with E-state index in [2.05, 4.69) is 54.2 Å². The minimum atomic E-state index is 0.314. The third-order valence-electron chi connectivity index (χ3n) is 3.56. The van der Waals surface area contributed by atoms with Gasteiger partial charge >= 0.3 is 0 Å². The number of nitrogens with one attached hydrogen (secondary N) is 1. The Balaban J connectivity index is 2.56. The number of hydrogen-bond donors (Lipinski definition) is 1. The van der Waals surface area contributed by atoms with E-state index in [0.29, 0.717) is 11.5 Å². The van der Waals surface area contributed by atoms with Crippen LogP contribution < -0.4 is 5.32 Å². The molecule has 0 aliphatic carbocycles. The Kier molecular flexibility index (Phi) is 5.41. The van der Waals surface area contributed by atoms with Crippen LogP contribution in [0.25, 0.3) is 0 Å². The summed E-state index contributed by atoms with van der Waals surface area (Å²) in [5.74, 6) is 0. The van der Waals surface area contributed by atoms with Crippen molar-refractivity contribution in [3.8, 4) is 0 Å². The lowest BCUT2D eigenvalue weighted by Gasteiger charge is -2.30. The van der Waals surface area contributed by atoms with Crippen molar-refractivity contribution >= 4 is 15.9 Å². The lowest BCUT2D eigenvalue weighted by atomic mass is 9.84. The molecule has 0 fully saturated rings. The van der Waals surface area contributed by atoms with E-state index in [4.69, 9.17) is 0 Å². The van der Waals surface area contributed by atoms with Crippen LogP contribution in [0.2, 0.25) is 0 Å². The van der Waals surface area contributed by atoms with Crippen LogP contribution in [0.1, 0.15) is 45.0 Å². The van der Waals surface area contributed by atoms with Crippen molar-refractivity contribution in [3.63, 3.8) is 0 Å². The molecule has 0 spiro atoms. The number of aryl methyl sites for hydroxylation is 2. The zero-order chi connectivity index (χ0) is 13.9. The molecular weight excluding hydrogens is 290 g/mol. The summed E-state index contributed by atoms with van der Waals surface area (Å²) in [6.45, 7) is 8.91. The van der Waals surface area contributed by atoms with E-state index in [1.807, 2.05) is 18.7 Å². The molecule has 0 saturated heterocycles. The van der Waals surface area contributed by atoms with Crippen molar-refractivity contribution < 1.29 is 0 Å². The summed E-state index contributed by atoms with van der Waals surface area (Å²) in [5.41, 5.74) is 2.69. The smallest absolute Gasteiger partial charge is 0.0738 e. The van der Waals surface area contributed by atoms with Crippen molar-refractivity contribution in [1.82, 2.24) is 15.1 Å². The van der Waals surface area contributed by atoms with Crippen molar-refractivity contribution in [1.29, 1.82) is 0 Å². The molecule has 18 heavy (non-hydrogen) atoms. The Bertz CT molecular complexity index is 390. The van der Waals surface area contributed by atoms with Gasteiger partial charge in [0.05, 0.1) is 15.9 Å². The molecule has 0 aromatic carbocycles. The first-order valence-electron chi connectivity index (χ1n) is 6.62. The third kappa shape index (κ3) is 3.82. The molecule has 0 aliphatic heterocycles. The SMILES string of the molecule is CNC(CCCc1c(Br)c(C)nn1C)C(C)(C)C. The first-order chi connectivity index (χ1) is 8.27. The second kappa shape index (κ2) is 6.20. The molecule has 0 aliphatic rings. The van der Waals surface area contributed by atoms with Gasteiger partial charge in [0, 0.05) is 13.1 Å². The number of halogens is 1. The van der Waals surface area contributed by atoms with Crippen molar-refractivity contribution in [2.24, 2.45) is 12.5 Å². The fraction of sp³-hybridized carbons (Fsp3) is 0.786. The zero-order valence-electron chi connectivity index (χ0n) is 12.5. The highest BCUT2D eigenvalue weighted by Crippen LogP contribution is 2.25. The molecule has 1 heterocycles. The third-order valence-corrected chi connectivity index (χ3v) is 4.59. The van der Waals surface area contributed by atoms with Gasteiger partial charge in [0.25, 0.3) is 0 Å². The first kappa shape index (κ1) is 15.7. The maximum Gasteiger partial charge on any atom is 0.0738 e. The maximum absolute atomic E-state index is 4.43. The molecule has 1 rings (SSSR count). The fourth-order valence-electron chi connectivity index (χ4n) is 2.44. The Morgan fingerprint density at radius 2 is 2.00 bits per heavy atom. The Morgan fingerprint density at radius 1 is 1.39 bits per heavy atom. The number of rotatable bonds is 5. The van der Waals surface area contributed by atoms with Crippen molar-refractivity contribution in [2.45, 2.75) is 53.0 Å². The topological polar surface area (TPSA) is 29.9 Å². The van der Waals surface area contributed by atoms with Gasteiger partial charge in [-0.05, 0) is 54.6 Å². The molecule has 0 saturated carbocycles. The summed E-state index contributed by atoms with van der Waals surface area (Å²) in [6, 6.07) is 0.561. The second-order valence-electron chi connectivity index (χ2n) is 6.07. The molecule has 1 N–H and O–H groups in total. The van der Waals surface area contributed by atoms with Crippen molar-refractivity contribution in [3.05, 3.63) is 15.9 Å². The molecule has 1 aromatic rings. The summed E-state index contributed by atoms with van der Waals surface area (Å²) in [5, 5.41) is 7.86. The quantitative estimate of drug-likeness (QED) is 0.902. The van der Waals surface area contributed by atoms with Gasteiger partial charge in [-0.25, -0.2) is 0 Å². The summed E-state index contributed by atoms with van der Waals surface area (Å²) in [4.78, 5) is 0. The maximum atomic E-state index is 4.43. The normalized spacial score (nSPS) is 13.9. The summed E-state index contributed by atoms with van der Waals surface area (Å²) >= 11 is 3.63. The highest BCUT2D eigenvalue weighted by molar-refractivity contribution is 9.10. The van der Waals surface area contributed by atoms with Crippen LogP contribution >= 0.6 is 15.9 Å². The van der Waals surface area contributed by atoms with Gasteiger partial charge in [0.15, 0.2) is 0 Å². The van der Waals surface area contributed by atoms with Crippen LogP contribution in [0.3, 0.4) is 0 Å². The lowest BCUT2D eigenvalue weighted by Crippen LogP contribution is -2.37. The largest absolute Gasteiger partial charge is 0.316 e. The molecule has 1 aromatic heterocycles. The van der Waals surface area contributed by atoms with Gasteiger partial charge in [-0.2, -0.15) is 5.10 Å². The average molecular weight is 316 g/mol. The van der Waals surface area contributed by atoms with E-state index in [1.54, 1.807) is 0 Å². The predicted octanol–water partition coefficient (Wildman–Crippen LogP) is 3.45. The molecule has 3 nitrogen and oxygen atoms in total. The van der Waals surface area contributed by atoms with Crippen LogP contribution in [0.15, 0.2) is 4.47 Å². The first-order valence-corrected chi connectivity index (χ1v) is 7.42. The molecule has 0 radical (unpaired) electrons. The van der Waals surface area contributed by atoms with Crippen molar-refractivity contribution in [2.75, 3.05) is 7.05 Å². The number of nitrogens with zero attached hydrogens (tertiary/aromatic N) is 2. The summed E-state index contributed by atoms with van der Waals surface area (Å²) in [6.07, 6.45) is 3.45. The molecule has 104 valence electrons. The second-order valence-corrected chi connectivity index (χ2v) is 6.86. The minimum absolute atomic E-state index is 0.314. The van der Waals surface area contributed by atoms with Gasteiger partial charge in [-0.15, -0.1) is 0 Å². The molecule has 1 unspecified atom stereocenters. The summed E-state index contributed by atoms with van der Waals surface area (Å²) < 4.78 is 3.16. The molecule has 0 amide bonds. The van der Waals surface area contributed by atoms with Crippen LogP contribution in [0.5, 0.6) is 0 Å². The van der Waals surface area contributed by atoms with Crippen LogP contribution in [-0.4, -0.2) is 22.9 Å². The average Bonchev–Trinajstić information content (AvgIpc) is 2.48. The van der Waals surface area contributed by atoms with E-state index in [1.165, 1.54) is 23.0 Å². The van der Waals surface area contributed by atoms with E-state index in [0.717, 1.165) is 12.1 Å². The zero-order valence-corrected chi connectivity index (χ0v) is 14.1. The Morgan fingerprint density at radius 3 is 2.39 bits per heavy atom. The van der Waals surface area contributed by atoms with Crippen LogP contribution in [0, 0.1) is 12.3 Å². The van der Waals surface area contributed by atoms with Gasteiger partial charge in [-0.1, -0.05) is 20.8 Å². The minimum Gasteiger partial charge on any atom is -0.316 e. The highest BCUT2D eigenvalue weighted by atomic mass is 79.9. The van der Waals surface area contributed by atoms with Gasteiger partial charge < -0.3 is 5.32 Å². The number of hydrogen-bond acceptors (Lipinski definition) is 2. The molecule has 4 heteroatoms. The lowest BCUT2D eigenvalue weighted by molar-refractivity contribution is 0.263. The molecular formula is C14H26BrN3. The van der Waals surface area contributed by atoms with E-state index >= 15 is 0 Å². The standard InChI is InChI=1S/C14H26BrN3/c1-10-13(15)11(18(6)17-10)8-7-9-12(16-5)14(2,3)4/h12,16H,7-9H2,1-6H3. The monoisotopic (exact) mass is 315 g/mol. The van der Waals surface area contributed by atoms with Crippen LogP contribution in [-0.2, 0) is 13.5 Å². The summed E-state index contributed by atoms with van der Waals surface area (Å²) in [7, 11) is 4.08. The van der Waals surface area contributed by atoms with Gasteiger partial charge in [0.1, 0.15) is 0 Å². The Labute approximate surface area is 119 Å². The molecule has 0 bridgehead atoms. The van der Waals surface area contributed by atoms with Gasteiger partial charge in [-0.3, -0.25) is 4.68 Å². The molecule has 1 atom stereocenters. The highest BCUT2D eigenvalue weighted by Gasteiger charge is 2.22. The fourth-order valence-corrected chi connectivity index (χ4v) is 2.97. The number of aromatic nitrogens is 2. The van der Waals surface area contributed by atoms with E-state index < -0.39 is 0 Å². The Hall–Kier alpha value is -0.350. The predicted molar refractivity (Wildman–Crippen MR) is 80.9 cm³/mol. The van der Waals surface area contributed by atoms with E-state index in [9.17, 15) is 0 Å². The van der Waals surface area contributed by atoms with E-state index in [-0.39, 0.29) is 0 Å².